The van der Waals surface area contributed by atoms with Gasteiger partial charge in [0.2, 0.25) is 0 Å². The van der Waals surface area contributed by atoms with Crippen molar-refractivity contribution in [3.63, 3.8) is 0 Å². The monoisotopic (exact) mass is 305 g/mol. The summed E-state index contributed by atoms with van der Waals surface area (Å²) in [6, 6.07) is 10.3. The van der Waals surface area contributed by atoms with Crippen LogP contribution in [0.5, 0.6) is 0 Å². The normalized spacial score (nSPS) is 12.1. The second-order valence-electron chi connectivity index (χ2n) is 5.82. The number of pyridine rings is 1. The van der Waals surface area contributed by atoms with Crippen molar-refractivity contribution >= 4 is 21.5 Å². The fraction of sp³-hybridized carbons (Fsp3) is 0.267. The SMILES string of the molecule is CC(C)(C)c1ccc(NS(=O)(=O)c2cccnc2N)cc1. The Morgan fingerprint density at radius 2 is 1.71 bits per heavy atom. The quantitative estimate of drug-likeness (QED) is 0.913. The van der Waals surface area contributed by atoms with E-state index in [9.17, 15) is 8.42 Å². The number of hydrogen-bond acceptors (Lipinski definition) is 4. The smallest absolute Gasteiger partial charge is 0.265 e. The number of nitrogens with one attached hydrogen (secondary N) is 1. The molecule has 0 saturated carbocycles. The minimum Gasteiger partial charge on any atom is -0.383 e. The minimum atomic E-state index is -3.73. The van der Waals surface area contributed by atoms with Crippen LogP contribution in [-0.4, -0.2) is 13.4 Å². The third kappa shape index (κ3) is 3.52. The second kappa shape index (κ2) is 5.37. The molecular formula is C15H19N3O2S. The molecule has 0 radical (unpaired) electrons. The minimum absolute atomic E-state index is 0.0173. The van der Waals surface area contributed by atoms with Crippen molar-refractivity contribution in [3.05, 3.63) is 48.2 Å². The molecule has 2 rings (SSSR count). The van der Waals surface area contributed by atoms with Crippen LogP contribution >= 0.6 is 0 Å². The summed E-state index contributed by atoms with van der Waals surface area (Å²) in [4.78, 5) is 3.77. The fourth-order valence-corrected chi connectivity index (χ4v) is 3.02. The molecule has 0 amide bonds. The molecule has 1 heterocycles. The van der Waals surface area contributed by atoms with Crippen LogP contribution in [0, 0.1) is 0 Å². The van der Waals surface area contributed by atoms with E-state index in [4.69, 9.17) is 5.73 Å². The fourth-order valence-electron chi connectivity index (χ4n) is 1.88. The first-order chi connectivity index (χ1) is 9.70. The molecule has 6 heteroatoms. The van der Waals surface area contributed by atoms with Crippen LogP contribution in [0.4, 0.5) is 11.5 Å². The Balaban J connectivity index is 2.28. The van der Waals surface area contributed by atoms with Gasteiger partial charge in [0.05, 0.1) is 0 Å². The Labute approximate surface area is 125 Å². The Morgan fingerprint density at radius 1 is 1.10 bits per heavy atom. The van der Waals surface area contributed by atoms with Gasteiger partial charge >= 0.3 is 0 Å². The molecule has 5 nitrogen and oxygen atoms in total. The van der Waals surface area contributed by atoms with Crippen molar-refractivity contribution in [2.24, 2.45) is 0 Å². The van der Waals surface area contributed by atoms with Crippen LogP contribution in [0.3, 0.4) is 0 Å². The van der Waals surface area contributed by atoms with E-state index in [2.05, 4.69) is 30.5 Å². The van der Waals surface area contributed by atoms with Crippen molar-refractivity contribution in [3.8, 4) is 0 Å². The Morgan fingerprint density at radius 3 is 2.24 bits per heavy atom. The number of hydrogen-bond donors (Lipinski definition) is 2. The van der Waals surface area contributed by atoms with E-state index >= 15 is 0 Å². The molecular weight excluding hydrogens is 286 g/mol. The summed E-state index contributed by atoms with van der Waals surface area (Å²) in [6.45, 7) is 6.30. The molecule has 0 aliphatic heterocycles. The van der Waals surface area contributed by atoms with E-state index in [1.54, 1.807) is 12.1 Å². The van der Waals surface area contributed by atoms with Crippen LogP contribution in [0.2, 0.25) is 0 Å². The van der Waals surface area contributed by atoms with Crippen LogP contribution in [0.15, 0.2) is 47.5 Å². The summed E-state index contributed by atoms with van der Waals surface area (Å²) in [5.41, 5.74) is 7.25. The van der Waals surface area contributed by atoms with Gasteiger partial charge in [-0.15, -0.1) is 0 Å². The van der Waals surface area contributed by atoms with Crippen molar-refractivity contribution in [2.45, 2.75) is 31.1 Å². The molecule has 2 aromatic rings. The Hall–Kier alpha value is -2.08. The highest BCUT2D eigenvalue weighted by atomic mass is 32.2. The zero-order chi connectivity index (χ0) is 15.7. The number of benzene rings is 1. The molecule has 1 aromatic heterocycles. The Bertz CT molecular complexity index is 732. The van der Waals surface area contributed by atoms with E-state index in [0.29, 0.717) is 5.69 Å². The molecule has 0 spiro atoms. The van der Waals surface area contributed by atoms with Crippen molar-refractivity contribution in [1.82, 2.24) is 4.98 Å². The van der Waals surface area contributed by atoms with Crippen LogP contribution in [0.1, 0.15) is 26.3 Å². The molecule has 1 aromatic carbocycles. The van der Waals surface area contributed by atoms with E-state index in [1.807, 2.05) is 12.1 Å². The topological polar surface area (TPSA) is 85.1 Å². The van der Waals surface area contributed by atoms with Gasteiger partial charge in [-0.05, 0) is 35.2 Å². The van der Waals surface area contributed by atoms with E-state index in [0.717, 1.165) is 5.56 Å². The molecule has 0 aliphatic rings. The molecule has 0 aliphatic carbocycles. The first-order valence-electron chi connectivity index (χ1n) is 6.54. The van der Waals surface area contributed by atoms with Gasteiger partial charge in [0.15, 0.2) is 0 Å². The highest BCUT2D eigenvalue weighted by Crippen LogP contribution is 2.25. The maximum Gasteiger partial charge on any atom is 0.265 e. The molecule has 0 unspecified atom stereocenters. The van der Waals surface area contributed by atoms with Crippen LogP contribution in [0.25, 0.3) is 0 Å². The van der Waals surface area contributed by atoms with E-state index < -0.39 is 10.0 Å². The van der Waals surface area contributed by atoms with Gasteiger partial charge < -0.3 is 5.73 Å². The number of anilines is 2. The summed E-state index contributed by atoms with van der Waals surface area (Å²) in [6.07, 6.45) is 1.45. The lowest BCUT2D eigenvalue weighted by Crippen LogP contribution is -2.16. The first kappa shape index (κ1) is 15.3. The zero-order valence-corrected chi connectivity index (χ0v) is 13.1. The maximum absolute atomic E-state index is 12.3. The number of nitrogens with zero attached hydrogens (tertiary/aromatic N) is 1. The predicted octanol–water partition coefficient (Wildman–Crippen LogP) is 2.76. The third-order valence-electron chi connectivity index (χ3n) is 3.09. The van der Waals surface area contributed by atoms with E-state index in [1.165, 1.54) is 18.3 Å². The van der Waals surface area contributed by atoms with Gasteiger partial charge in [-0.25, -0.2) is 13.4 Å². The van der Waals surface area contributed by atoms with Crippen molar-refractivity contribution in [2.75, 3.05) is 10.5 Å². The number of nitrogen functional groups attached to an aromatic ring is 1. The van der Waals surface area contributed by atoms with Crippen molar-refractivity contribution in [1.29, 1.82) is 0 Å². The molecule has 112 valence electrons. The molecule has 0 saturated heterocycles. The lowest BCUT2D eigenvalue weighted by molar-refractivity contribution is 0.590. The lowest BCUT2D eigenvalue weighted by Gasteiger charge is -2.19. The van der Waals surface area contributed by atoms with Gasteiger partial charge in [0.25, 0.3) is 10.0 Å². The number of rotatable bonds is 3. The van der Waals surface area contributed by atoms with Crippen molar-refractivity contribution < 1.29 is 8.42 Å². The number of nitrogens with two attached hydrogens (primary N) is 1. The van der Waals surface area contributed by atoms with E-state index in [-0.39, 0.29) is 16.1 Å². The predicted molar refractivity (Wildman–Crippen MR) is 84.6 cm³/mol. The summed E-state index contributed by atoms with van der Waals surface area (Å²) >= 11 is 0. The molecule has 21 heavy (non-hydrogen) atoms. The molecule has 0 atom stereocenters. The molecule has 0 fully saturated rings. The highest BCUT2D eigenvalue weighted by molar-refractivity contribution is 7.92. The Kier molecular flexibility index (Phi) is 3.91. The average Bonchev–Trinajstić information content (AvgIpc) is 2.38. The second-order valence-corrected chi connectivity index (χ2v) is 7.47. The lowest BCUT2D eigenvalue weighted by atomic mass is 9.87. The van der Waals surface area contributed by atoms with Gasteiger partial charge in [-0.2, -0.15) is 0 Å². The first-order valence-corrected chi connectivity index (χ1v) is 8.02. The average molecular weight is 305 g/mol. The van der Waals surface area contributed by atoms with Gasteiger partial charge in [-0.3, -0.25) is 4.72 Å². The molecule has 0 bridgehead atoms. The van der Waals surface area contributed by atoms with Crippen LogP contribution in [-0.2, 0) is 15.4 Å². The van der Waals surface area contributed by atoms with Gasteiger partial charge in [0.1, 0.15) is 10.7 Å². The van der Waals surface area contributed by atoms with Gasteiger partial charge in [0, 0.05) is 11.9 Å². The molecule has 3 N–H and O–H groups in total. The summed E-state index contributed by atoms with van der Waals surface area (Å²) in [7, 11) is -3.73. The van der Waals surface area contributed by atoms with Gasteiger partial charge in [-0.1, -0.05) is 32.9 Å². The third-order valence-corrected chi connectivity index (χ3v) is 4.52. The number of sulfonamides is 1. The largest absolute Gasteiger partial charge is 0.383 e. The highest BCUT2D eigenvalue weighted by Gasteiger charge is 2.18. The number of aromatic nitrogens is 1. The van der Waals surface area contributed by atoms with Crippen LogP contribution < -0.4 is 10.5 Å². The maximum atomic E-state index is 12.3. The summed E-state index contributed by atoms with van der Waals surface area (Å²) in [5, 5.41) is 0. The summed E-state index contributed by atoms with van der Waals surface area (Å²) in [5.74, 6) is -0.0173. The zero-order valence-electron chi connectivity index (χ0n) is 12.3. The standard InChI is InChI=1S/C15H19N3O2S/c1-15(2,3)11-6-8-12(9-7-11)18-21(19,20)13-5-4-10-17-14(13)16/h4-10,18H,1-3H3,(H2,16,17). The summed E-state index contributed by atoms with van der Waals surface area (Å²) < 4.78 is 27.1.